The molecule has 1 amide bonds. The number of carbonyl (C=O) groups excluding carboxylic acids is 1. The molecule has 0 unspecified atom stereocenters. The normalized spacial score (nSPS) is 15.4. The number of rotatable bonds is 5. The van der Waals surface area contributed by atoms with Crippen LogP contribution >= 0.6 is 0 Å². The topological polar surface area (TPSA) is 35.6 Å². The van der Waals surface area contributed by atoms with Crippen molar-refractivity contribution < 1.29 is 4.79 Å². The minimum atomic E-state index is 0.174. The number of carbonyl (C=O) groups is 1. The predicted octanol–water partition coefficient (Wildman–Crippen LogP) is 2.44. The van der Waals surface area contributed by atoms with Crippen molar-refractivity contribution in [1.82, 2.24) is 9.80 Å². The van der Waals surface area contributed by atoms with E-state index in [4.69, 9.17) is 0 Å². The van der Waals surface area contributed by atoms with Crippen molar-refractivity contribution in [1.29, 1.82) is 0 Å². The van der Waals surface area contributed by atoms with E-state index in [-0.39, 0.29) is 5.91 Å². The number of nitrogens with one attached hydrogen (secondary N) is 1. The Kier molecular flexibility index (Phi) is 5.27. The van der Waals surface area contributed by atoms with Crippen LogP contribution in [0.25, 0.3) is 0 Å². The van der Waals surface area contributed by atoms with Gasteiger partial charge in [0.1, 0.15) is 0 Å². The van der Waals surface area contributed by atoms with Crippen molar-refractivity contribution in [2.75, 3.05) is 38.0 Å². The molecule has 1 N–H and O–H groups in total. The van der Waals surface area contributed by atoms with Gasteiger partial charge in [-0.25, -0.2) is 0 Å². The maximum atomic E-state index is 12.3. The fourth-order valence-electron chi connectivity index (χ4n) is 2.84. The second-order valence-corrected chi connectivity index (χ2v) is 5.86. The molecule has 0 saturated carbocycles. The highest BCUT2D eigenvalue weighted by Crippen LogP contribution is 2.09. The highest BCUT2D eigenvalue weighted by atomic mass is 16.2. The molecule has 2 aromatic carbocycles. The summed E-state index contributed by atoms with van der Waals surface area (Å²) in [6.07, 6.45) is 0. The number of para-hydroxylation sites is 1. The molecule has 0 bridgehead atoms. The van der Waals surface area contributed by atoms with Gasteiger partial charge < -0.3 is 10.2 Å². The zero-order valence-electron chi connectivity index (χ0n) is 13.3. The molecule has 23 heavy (non-hydrogen) atoms. The number of benzene rings is 2. The Labute approximate surface area is 137 Å². The molecule has 1 saturated heterocycles. The van der Waals surface area contributed by atoms with Crippen LogP contribution < -0.4 is 5.32 Å². The molecule has 2 aromatic rings. The third-order valence-electron chi connectivity index (χ3n) is 4.19. The van der Waals surface area contributed by atoms with E-state index in [1.165, 1.54) is 5.56 Å². The van der Waals surface area contributed by atoms with Gasteiger partial charge in [-0.3, -0.25) is 9.69 Å². The summed E-state index contributed by atoms with van der Waals surface area (Å²) in [7, 11) is 0. The predicted molar refractivity (Wildman–Crippen MR) is 93.2 cm³/mol. The van der Waals surface area contributed by atoms with Gasteiger partial charge in [0.25, 0.3) is 0 Å². The molecule has 120 valence electrons. The summed E-state index contributed by atoms with van der Waals surface area (Å²) >= 11 is 0. The Bertz CT molecular complexity index is 607. The van der Waals surface area contributed by atoms with Crippen LogP contribution in [0.3, 0.4) is 0 Å². The minimum absolute atomic E-state index is 0.174. The van der Waals surface area contributed by atoms with Crippen molar-refractivity contribution in [3.05, 3.63) is 66.2 Å². The molecular formula is C19H23N3O. The standard InChI is InChI=1S/C19H23N3O/c23-19(15-20-18-9-5-2-6-10-18)22-13-11-21(12-14-22)16-17-7-3-1-4-8-17/h1-10,20H,11-16H2. The van der Waals surface area contributed by atoms with E-state index >= 15 is 0 Å². The average molecular weight is 309 g/mol. The molecule has 1 aliphatic rings. The molecule has 1 heterocycles. The lowest BCUT2D eigenvalue weighted by Gasteiger charge is -2.34. The summed E-state index contributed by atoms with van der Waals surface area (Å²) in [6.45, 7) is 4.82. The van der Waals surface area contributed by atoms with Crippen LogP contribution in [0.15, 0.2) is 60.7 Å². The number of hydrogen-bond donors (Lipinski definition) is 1. The maximum absolute atomic E-state index is 12.3. The van der Waals surface area contributed by atoms with Gasteiger partial charge in [-0.2, -0.15) is 0 Å². The van der Waals surface area contributed by atoms with Gasteiger partial charge in [0, 0.05) is 38.4 Å². The van der Waals surface area contributed by atoms with Crippen LogP contribution in [0.2, 0.25) is 0 Å². The second kappa shape index (κ2) is 7.79. The maximum Gasteiger partial charge on any atom is 0.241 e. The van der Waals surface area contributed by atoms with E-state index in [9.17, 15) is 4.79 Å². The van der Waals surface area contributed by atoms with E-state index in [1.54, 1.807) is 0 Å². The highest BCUT2D eigenvalue weighted by molar-refractivity contribution is 5.81. The number of amides is 1. The third-order valence-corrected chi connectivity index (χ3v) is 4.19. The monoisotopic (exact) mass is 309 g/mol. The Morgan fingerprint density at radius 2 is 1.48 bits per heavy atom. The van der Waals surface area contributed by atoms with Gasteiger partial charge in [-0.15, -0.1) is 0 Å². The molecule has 0 radical (unpaired) electrons. The quantitative estimate of drug-likeness (QED) is 0.921. The lowest BCUT2D eigenvalue weighted by Crippen LogP contribution is -2.49. The van der Waals surface area contributed by atoms with Crippen LogP contribution in [-0.2, 0) is 11.3 Å². The first-order chi connectivity index (χ1) is 11.3. The summed E-state index contributed by atoms with van der Waals surface area (Å²) in [5.41, 5.74) is 2.32. The van der Waals surface area contributed by atoms with Crippen LogP contribution in [-0.4, -0.2) is 48.4 Å². The first kappa shape index (κ1) is 15.6. The fourth-order valence-corrected chi connectivity index (χ4v) is 2.84. The molecule has 0 spiro atoms. The van der Waals surface area contributed by atoms with Gasteiger partial charge >= 0.3 is 0 Å². The van der Waals surface area contributed by atoms with Gasteiger partial charge in [0.05, 0.1) is 6.54 Å². The van der Waals surface area contributed by atoms with E-state index in [0.29, 0.717) is 6.54 Å². The molecule has 0 aromatic heterocycles. The van der Waals surface area contributed by atoms with Crippen LogP contribution in [0.5, 0.6) is 0 Å². The highest BCUT2D eigenvalue weighted by Gasteiger charge is 2.20. The van der Waals surface area contributed by atoms with E-state index in [2.05, 4.69) is 34.5 Å². The Morgan fingerprint density at radius 1 is 0.870 bits per heavy atom. The lowest BCUT2D eigenvalue weighted by molar-refractivity contribution is -0.131. The van der Waals surface area contributed by atoms with Crippen molar-refractivity contribution in [2.24, 2.45) is 0 Å². The smallest absolute Gasteiger partial charge is 0.241 e. The van der Waals surface area contributed by atoms with Crippen LogP contribution in [0.1, 0.15) is 5.56 Å². The van der Waals surface area contributed by atoms with Crippen molar-refractivity contribution in [3.8, 4) is 0 Å². The molecule has 1 aliphatic heterocycles. The molecule has 4 heteroatoms. The second-order valence-electron chi connectivity index (χ2n) is 5.86. The van der Waals surface area contributed by atoms with Crippen LogP contribution in [0.4, 0.5) is 5.69 Å². The molecule has 3 rings (SSSR count). The summed E-state index contributed by atoms with van der Waals surface area (Å²) in [5.74, 6) is 0.174. The summed E-state index contributed by atoms with van der Waals surface area (Å²) in [5, 5.41) is 3.19. The summed E-state index contributed by atoms with van der Waals surface area (Å²) < 4.78 is 0. The molecular weight excluding hydrogens is 286 g/mol. The Morgan fingerprint density at radius 3 is 2.13 bits per heavy atom. The SMILES string of the molecule is O=C(CNc1ccccc1)N1CCN(Cc2ccccc2)CC1. The number of piperazine rings is 1. The van der Waals surface area contributed by atoms with Gasteiger partial charge in [0.15, 0.2) is 0 Å². The number of hydrogen-bond acceptors (Lipinski definition) is 3. The third kappa shape index (κ3) is 4.57. The first-order valence-electron chi connectivity index (χ1n) is 8.14. The van der Waals surface area contributed by atoms with E-state index < -0.39 is 0 Å². The van der Waals surface area contributed by atoms with Gasteiger partial charge in [0.2, 0.25) is 5.91 Å². The van der Waals surface area contributed by atoms with Crippen molar-refractivity contribution in [3.63, 3.8) is 0 Å². The first-order valence-corrected chi connectivity index (χ1v) is 8.14. The Balaban J connectivity index is 1.42. The molecule has 4 nitrogen and oxygen atoms in total. The fraction of sp³-hybridized carbons (Fsp3) is 0.316. The van der Waals surface area contributed by atoms with E-state index in [1.807, 2.05) is 41.3 Å². The molecule has 0 aliphatic carbocycles. The zero-order chi connectivity index (χ0) is 15.9. The van der Waals surface area contributed by atoms with Crippen molar-refractivity contribution >= 4 is 11.6 Å². The Hall–Kier alpha value is -2.33. The van der Waals surface area contributed by atoms with Crippen molar-refractivity contribution in [2.45, 2.75) is 6.54 Å². The minimum Gasteiger partial charge on any atom is -0.376 e. The molecule has 1 fully saturated rings. The number of nitrogens with zero attached hydrogens (tertiary/aromatic N) is 2. The zero-order valence-corrected chi connectivity index (χ0v) is 13.3. The van der Waals surface area contributed by atoms with Crippen LogP contribution in [0, 0.1) is 0 Å². The summed E-state index contributed by atoms with van der Waals surface area (Å²) in [4.78, 5) is 16.6. The number of anilines is 1. The van der Waals surface area contributed by atoms with Gasteiger partial charge in [-0.05, 0) is 17.7 Å². The largest absolute Gasteiger partial charge is 0.376 e. The van der Waals surface area contributed by atoms with Gasteiger partial charge in [-0.1, -0.05) is 48.5 Å². The molecule has 0 atom stereocenters. The average Bonchev–Trinajstić information content (AvgIpc) is 2.62. The summed E-state index contributed by atoms with van der Waals surface area (Å²) in [6, 6.07) is 20.4. The van der Waals surface area contributed by atoms with E-state index in [0.717, 1.165) is 38.4 Å². The lowest BCUT2D eigenvalue weighted by atomic mass is 10.2.